The third kappa shape index (κ3) is 4.06. The minimum atomic E-state index is -0.385. The molecular weight excluding hydrogens is 450 g/mol. The van der Waals surface area contributed by atoms with Gasteiger partial charge < -0.3 is 19.5 Å². The van der Waals surface area contributed by atoms with Gasteiger partial charge in [0, 0.05) is 12.1 Å². The Kier molecular flexibility index (Phi) is 5.55. The number of esters is 1. The summed E-state index contributed by atoms with van der Waals surface area (Å²) >= 11 is 7.65. The summed E-state index contributed by atoms with van der Waals surface area (Å²) in [5.41, 5.74) is 2.40. The first-order valence-corrected chi connectivity index (χ1v) is 11.1. The number of nitrogens with one attached hydrogen (secondary N) is 1. The minimum Gasteiger partial charge on any atom is -0.465 e. The number of halogens is 1. The van der Waals surface area contributed by atoms with Crippen LogP contribution in [0.25, 0.3) is 21.6 Å². The molecule has 0 atom stereocenters. The Morgan fingerprint density at radius 3 is 2.75 bits per heavy atom. The molecular formula is C23H18ClN3O4S. The first kappa shape index (κ1) is 20.5. The number of thiophene rings is 1. The molecule has 4 aromatic rings. The smallest absolute Gasteiger partial charge is 0.337 e. The predicted octanol–water partition coefficient (Wildman–Crippen LogP) is 5.18. The van der Waals surface area contributed by atoms with Gasteiger partial charge in [0.1, 0.15) is 10.6 Å². The molecule has 7 nitrogen and oxygen atoms in total. The van der Waals surface area contributed by atoms with Crippen molar-refractivity contribution in [3.8, 4) is 22.9 Å². The average molecular weight is 468 g/mol. The van der Waals surface area contributed by atoms with E-state index in [4.69, 9.17) is 30.8 Å². The van der Waals surface area contributed by atoms with Crippen molar-refractivity contribution in [1.29, 1.82) is 0 Å². The molecule has 2 aromatic heterocycles. The number of fused-ring (bicyclic) bond motifs is 2. The molecule has 0 radical (unpaired) electrons. The Labute approximate surface area is 192 Å². The monoisotopic (exact) mass is 467 g/mol. The van der Waals surface area contributed by atoms with Crippen LogP contribution in [0.5, 0.6) is 11.5 Å². The number of aromatic nitrogens is 2. The van der Waals surface area contributed by atoms with Crippen LogP contribution in [0, 0.1) is 0 Å². The molecule has 0 aliphatic carbocycles. The first-order valence-electron chi connectivity index (χ1n) is 9.89. The van der Waals surface area contributed by atoms with E-state index in [1.54, 1.807) is 24.3 Å². The zero-order valence-electron chi connectivity index (χ0n) is 17.1. The number of anilines is 1. The van der Waals surface area contributed by atoms with Crippen LogP contribution < -0.4 is 14.8 Å². The van der Waals surface area contributed by atoms with E-state index in [1.807, 2.05) is 24.3 Å². The highest BCUT2D eigenvalue weighted by molar-refractivity contribution is 7.22. The fraction of sp³-hybridized carbons (Fsp3) is 0.174. The highest BCUT2D eigenvalue weighted by Crippen LogP contribution is 2.35. The van der Waals surface area contributed by atoms with Crippen molar-refractivity contribution in [2.24, 2.45) is 0 Å². The number of methoxy groups -OCH3 is 1. The summed E-state index contributed by atoms with van der Waals surface area (Å²) in [6.07, 6.45) is 0.781. The molecule has 9 heteroatoms. The van der Waals surface area contributed by atoms with E-state index in [9.17, 15) is 4.79 Å². The molecule has 0 bridgehead atoms. The second-order valence-corrected chi connectivity index (χ2v) is 8.76. The number of hydrogen-bond acceptors (Lipinski definition) is 8. The van der Waals surface area contributed by atoms with Gasteiger partial charge in [-0.3, -0.25) is 0 Å². The van der Waals surface area contributed by atoms with E-state index in [1.165, 1.54) is 18.4 Å². The number of rotatable bonds is 6. The number of ether oxygens (including phenoxy) is 3. The summed E-state index contributed by atoms with van der Waals surface area (Å²) in [4.78, 5) is 21.9. The van der Waals surface area contributed by atoms with Crippen molar-refractivity contribution in [2.75, 3.05) is 25.8 Å². The molecule has 162 valence electrons. The van der Waals surface area contributed by atoms with Crippen LogP contribution in [0.3, 0.4) is 0 Å². The van der Waals surface area contributed by atoms with E-state index in [2.05, 4.69) is 10.3 Å². The van der Waals surface area contributed by atoms with Crippen molar-refractivity contribution in [2.45, 2.75) is 6.42 Å². The largest absolute Gasteiger partial charge is 0.465 e. The summed E-state index contributed by atoms with van der Waals surface area (Å²) in [5.74, 6) is 2.43. The van der Waals surface area contributed by atoms with Crippen LogP contribution in [0.4, 0.5) is 5.82 Å². The summed E-state index contributed by atoms with van der Waals surface area (Å²) in [5, 5.41) is 4.29. The van der Waals surface area contributed by atoms with Gasteiger partial charge in [0.05, 0.1) is 22.4 Å². The van der Waals surface area contributed by atoms with Gasteiger partial charge in [0.15, 0.2) is 17.3 Å². The lowest BCUT2D eigenvalue weighted by molar-refractivity contribution is 0.0600. The molecule has 3 heterocycles. The third-order valence-electron chi connectivity index (χ3n) is 5.07. The lowest BCUT2D eigenvalue weighted by atomic mass is 10.1. The van der Waals surface area contributed by atoms with Gasteiger partial charge in [0.2, 0.25) is 6.79 Å². The van der Waals surface area contributed by atoms with E-state index >= 15 is 0 Å². The Bertz CT molecular complexity index is 1310. The van der Waals surface area contributed by atoms with Crippen LogP contribution in [0.2, 0.25) is 4.34 Å². The van der Waals surface area contributed by atoms with E-state index in [-0.39, 0.29) is 12.8 Å². The minimum absolute atomic E-state index is 0.262. The number of benzene rings is 2. The molecule has 0 saturated heterocycles. The Balaban J connectivity index is 1.39. The summed E-state index contributed by atoms with van der Waals surface area (Å²) in [7, 11) is 1.36. The van der Waals surface area contributed by atoms with E-state index < -0.39 is 0 Å². The van der Waals surface area contributed by atoms with Crippen LogP contribution in [0.15, 0.2) is 48.5 Å². The van der Waals surface area contributed by atoms with Gasteiger partial charge in [-0.15, -0.1) is 11.3 Å². The van der Waals surface area contributed by atoms with Gasteiger partial charge in [-0.25, -0.2) is 14.8 Å². The maximum Gasteiger partial charge on any atom is 0.337 e. The molecule has 2 aromatic carbocycles. The lowest BCUT2D eigenvalue weighted by Gasteiger charge is -2.10. The molecule has 1 aliphatic rings. The molecule has 1 aliphatic heterocycles. The van der Waals surface area contributed by atoms with Crippen molar-refractivity contribution in [3.63, 3.8) is 0 Å². The molecule has 0 amide bonds. The fourth-order valence-corrected chi connectivity index (χ4v) is 4.54. The van der Waals surface area contributed by atoms with Gasteiger partial charge >= 0.3 is 5.97 Å². The quantitative estimate of drug-likeness (QED) is 0.391. The molecule has 5 rings (SSSR count). The molecule has 32 heavy (non-hydrogen) atoms. The van der Waals surface area contributed by atoms with E-state index in [0.29, 0.717) is 28.1 Å². The second kappa shape index (κ2) is 8.64. The number of carbonyl (C=O) groups excluding carboxylic acids is 1. The van der Waals surface area contributed by atoms with Crippen LogP contribution in [0.1, 0.15) is 15.9 Å². The predicted molar refractivity (Wildman–Crippen MR) is 124 cm³/mol. The maximum absolute atomic E-state index is 11.7. The third-order valence-corrected chi connectivity index (χ3v) is 6.23. The molecule has 0 saturated carbocycles. The SMILES string of the molecule is COC(=O)c1ccc(-c2nc(NCCc3ccc4c(c3)OCO4)c3cc(Cl)sc3n2)cc1. The van der Waals surface area contributed by atoms with Gasteiger partial charge in [0.25, 0.3) is 0 Å². The lowest BCUT2D eigenvalue weighted by Crippen LogP contribution is -2.08. The van der Waals surface area contributed by atoms with Crippen molar-refractivity contribution in [1.82, 2.24) is 9.97 Å². The molecule has 1 N–H and O–H groups in total. The van der Waals surface area contributed by atoms with Crippen molar-refractivity contribution in [3.05, 3.63) is 64.0 Å². The van der Waals surface area contributed by atoms with Gasteiger partial charge in [-0.1, -0.05) is 29.8 Å². The van der Waals surface area contributed by atoms with Crippen LogP contribution in [-0.2, 0) is 11.2 Å². The summed E-state index contributed by atoms with van der Waals surface area (Å²) in [6.45, 7) is 0.929. The molecule has 0 unspecified atom stereocenters. The number of nitrogens with zero attached hydrogens (tertiary/aromatic N) is 2. The standard InChI is InChI=1S/C23H18ClN3O4S/c1-29-23(28)15-5-3-14(4-6-15)20-26-21(16-11-19(24)32-22(16)27-20)25-9-8-13-2-7-17-18(10-13)31-12-30-17/h2-7,10-11H,8-9,12H2,1H3,(H,25,26,27). The highest BCUT2D eigenvalue weighted by Gasteiger charge is 2.15. The first-order chi connectivity index (χ1) is 15.6. The normalized spacial score (nSPS) is 12.2. The average Bonchev–Trinajstić information content (AvgIpc) is 3.43. The maximum atomic E-state index is 11.7. The Morgan fingerprint density at radius 2 is 1.94 bits per heavy atom. The zero-order valence-corrected chi connectivity index (χ0v) is 18.6. The van der Waals surface area contributed by atoms with Gasteiger partial charge in [-0.2, -0.15) is 0 Å². The fourth-order valence-electron chi connectivity index (χ4n) is 3.45. The Hall–Kier alpha value is -3.36. The summed E-state index contributed by atoms with van der Waals surface area (Å²) < 4.78 is 16.2. The second-order valence-electron chi connectivity index (χ2n) is 7.10. The van der Waals surface area contributed by atoms with Crippen molar-refractivity contribution < 1.29 is 19.0 Å². The topological polar surface area (TPSA) is 82.6 Å². The van der Waals surface area contributed by atoms with Crippen LogP contribution in [-0.4, -0.2) is 36.4 Å². The number of carbonyl (C=O) groups is 1. The number of hydrogen-bond donors (Lipinski definition) is 1. The highest BCUT2D eigenvalue weighted by atomic mass is 35.5. The van der Waals surface area contributed by atoms with E-state index in [0.717, 1.165) is 39.3 Å². The van der Waals surface area contributed by atoms with Crippen LogP contribution >= 0.6 is 22.9 Å². The molecule has 0 spiro atoms. The molecule has 0 fully saturated rings. The van der Waals surface area contributed by atoms with Crippen molar-refractivity contribution >= 4 is 44.9 Å². The zero-order chi connectivity index (χ0) is 22.1. The van der Waals surface area contributed by atoms with Gasteiger partial charge in [-0.05, 0) is 42.3 Å². The Morgan fingerprint density at radius 1 is 1.12 bits per heavy atom. The summed E-state index contributed by atoms with van der Waals surface area (Å²) in [6, 6.07) is 14.8.